The Labute approximate surface area is 171 Å². The Morgan fingerprint density at radius 2 is 2.07 bits per heavy atom. The van der Waals surface area contributed by atoms with Gasteiger partial charge in [-0.05, 0) is 57.4 Å². The molecule has 2 aliphatic heterocycles. The normalized spacial score (nSPS) is 19.5. The van der Waals surface area contributed by atoms with Crippen molar-refractivity contribution in [3.63, 3.8) is 0 Å². The first-order valence-corrected chi connectivity index (χ1v) is 10.2. The minimum absolute atomic E-state index is 0.0973. The predicted octanol–water partition coefficient (Wildman–Crippen LogP) is 3.07. The van der Waals surface area contributed by atoms with Crippen molar-refractivity contribution in [2.24, 2.45) is 4.99 Å². The monoisotopic (exact) mass is 392 g/mol. The fourth-order valence-electron chi connectivity index (χ4n) is 3.83. The molecule has 7 heteroatoms. The maximum atomic E-state index is 10.5. The van der Waals surface area contributed by atoms with Gasteiger partial charge in [0.1, 0.15) is 17.1 Å². The second kappa shape index (κ2) is 7.91. The molecule has 7 nitrogen and oxygen atoms in total. The molecule has 152 valence electrons. The van der Waals surface area contributed by atoms with Crippen molar-refractivity contribution in [1.82, 2.24) is 20.5 Å². The van der Waals surface area contributed by atoms with E-state index in [1.165, 1.54) is 0 Å². The van der Waals surface area contributed by atoms with Gasteiger partial charge < -0.3 is 15.3 Å². The van der Waals surface area contributed by atoms with Crippen LogP contribution < -0.4 is 10.2 Å². The Balaban J connectivity index is 1.47. The van der Waals surface area contributed by atoms with Crippen LogP contribution in [0.2, 0.25) is 0 Å². The highest BCUT2D eigenvalue weighted by atomic mass is 16.3. The first-order chi connectivity index (χ1) is 13.9. The SMILES string of the molecule is CC(C)(C)N[C@@H]1CCN(c2ccc(-c3ncc(C4=CCCN=C4)cc3O)nn2)C1. The van der Waals surface area contributed by atoms with Crippen molar-refractivity contribution < 1.29 is 5.11 Å². The maximum Gasteiger partial charge on any atom is 0.151 e. The van der Waals surface area contributed by atoms with Crippen LogP contribution in [0.25, 0.3) is 17.0 Å². The summed E-state index contributed by atoms with van der Waals surface area (Å²) in [5.41, 5.74) is 2.95. The summed E-state index contributed by atoms with van der Waals surface area (Å²) in [6, 6.07) is 5.99. The molecular formula is C22H28N6O. The van der Waals surface area contributed by atoms with Crippen LogP contribution in [0.15, 0.2) is 35.5 Å². The van der Waals surface area contributed by atoms with Gasteiger partial charge in [0, 0.05) is 49.2 Å². The van der Waals surface area contributed by atoms with E-state index in [1.807, 2.05) is 18.3 Å². The number of aliphatic imine (C=N–C) groups is 1. The lowest BCUT2D eigenvalue weighted by Crippen LogP contribution is -2.45. The number of hydrogen-bond acceptors (Lipinski definition) is 7. The molecule has 2 aromatic rings. The molecule has 1 saturated heterocycles. The molecule has 0 saturated carbocycles. The molecule has 2 aliphatic rings. The number of hydrogen-bond donors (Lipinski definition) is 2. The van der Waals surface area contributed by atoms with Crippen LogP contribution >= 0.6 is 0 Å². The van der Waals surface area contributed by atoms with Crippen molar-refractivity contribution in [1.29, 1.82) is 0 Å². The standard InChI is InChI=1S/C22H28N6O/c1-22(2,3)25-17-8-10-28(14-17)20-7-6-18(26-27-20)21-19(29)11-16(13-24-21)15-5-4-9-23-12-15/h5-7,11-13,17,25,29H,4,8-10,14H2,1-3H3/t17-/m1/s1. The van der Waals surface area contributed by atoms with E-state index in [2.05, 4.69) is 57.2 Å². The minimum Gasteiger partial charge on any atom is -0.506 e. The van der Waals surface area contributed by atoms with Crippen LogP contribution in [0.3, 0.4) is 0 Å². The van der Waals surface area contributed by atoms with Crippen LogP contribution in [-0.2, 0) is 0 Å². The number of aromatic nitrogens is 3. The maximum absolute atomic E-state index is 10.5. The molecule has 0 aliphatic carbocycles. The van der Waals surface area contributed by atoms with E-state index in [4.69, 9.17) is 0 Å². The third-order valence-electron chi connectivity index (χ3n) is 5.10. The molecule has 0 radical (unpaired) electrons. The molecule has 1 fully saturated rings. The number of rotatable bonds is 4. The van der Waals surface area contributed by atoms with Gasteiger partial charge in [0.25, 0.3) is 0 Å². The third-order valence-corrected chi connectivity index (χ3v) is 5.10. The molecule has 0 unspecified atom stereocenters. The van der Waals surface area contributed by atoms with Gasteiger partial charge in [-0.25, -0.2) is 4.98 Å². The summed E-state index contributed by atoms with van der Waals surface area (Å²) in [6.45, 7) is 9.25. The molecule has 0 bridgehead atoms. The van der Waals surface area contributed by atoms with E-state index in [0.29, 0.717) is 17.4 Å². The highest BCUT2D eigenvalue weighted by Crippen LogP contribution is 2.29. The highest BCUT2D eigenvalue weighted by molar-refractivity contribution is 6.10. The average molecular weight is 393 g/mol. The third kappa shape index (κ3) is 4.62. The first kappa shape index (κ1) is 19.5. The van der Waals surface area contributed by atoms with Gasteiger partial charge in [0.05, 0.1) is 0 Å². The Bertz CT molecular complexity index is 929. The Morgan fingerprint density at radius 1 is 1.21 bits per heavy atom. The molecule has 2 N–H and O–H groups in total. The van der Waals surface area contributed by atoms with E-state index < -0.39 is 0 Å². The van der Waals surface area contributed by atoms with Crippen LogP contribution in [-0.4, -0.2) is 57.7 Å². The first-order valence-electron chi connectivity index (χ1n) is 10.2. The number of nitrogens with zero attached hydrogens (tertiary/aromatic N) is 5. The van der Waals surface area contributed by atoms with Crippen molar-refractivity contribution in [3.8, 4) is 17.1 Å². The molecule has 4 heterocycles. The summed E-state index contributed by atoms with van der Waals surface area (Å²) in [7, 11) is 0. The molecule has 2 aromatic heterocycles. The Kier molecular flexibility index (Phi) is 5.32. The van der Waals surface area contributed by atoms with Crippen molar-refractivity contribution in [2.75, 3.05) is 24.5 Å². The van der Waals surface area contributed by atoms with Crippen molar-refractivity contribution in [2.45, 2.75) is 45.2 Å². The fourth-order valence-corrected chi connectivity index (χ4v) is 3.83. The highest BCUT2D eigenvalue weighted by Gasteiger charge is 2.26. The number of pyridine rings is 1. The van der Waals surface area contributed by atoms with Gasteiger partial charge >= 0.3 is 0 Å². The second-order valence-corrected chi connectivity index (χ2v) is 8.68. The second-order valence-electron chi connectivity index (χ2n) is 8.68. The Hall–Kier alpha value is -2.80. The fraction of sp³-hybridized carbons (Fsp3) is 0.455. The summed E-state index contributed by atoms with van der Waals surface area (Å²) in [4.78, 5) is 10.9. The summed E-state index contributed by atoms with van der Waals surface area (Å²) < 4.78 is 0. The van der Waals surface area contributed by atoms with E-state index in [0.717, 1.165) is 49.4 Å². The lowest BCUT2D eigenvalue weighted by atomic mass is 10.0. The van der Waals surface area contributed by atoms with Crippen LogP contribution in [0, 0.1) is 0 Å². The zero-order valence-corrected chi connectivity index (χ0v) is 17.3. The summed E-state index contributed by atoms with van der Waals surface area (Å²) in [5, 5.41) is 22.8. The van der Waals surface area contributed by atoms with E-state index in [1.54, 1.807) is 12.3 Å². The molecule has 4 rings (SSSR count). The van der Waals surface area contributed by atoms with Gasteiger partial charge in [0.15, 0.2) is 5.82 Å². The molecule has 1 atom stereocenters. The van der Waals surface area contributed by atoms with Crippen molar-refractivity contribution in [3.05, 3.63) is 36.0 Å². The van der Waals surface area contributed by atoms with Crippen molar-refractivity contribution >= 4 is 17.6 Å². The van der Waals surface area contributed by atoms with Gasteiger partial charge in [0.2, 0.25) is 0 Å². The molecule has 29 heavy (non-hydrogen) atoms. The number of anilines is 1. The minimum atomic E-state index is 0.0973. The lowest BCUT2D eigenvalue weighted by molar-refractivity contribution is 0.373. The molecule has 0 spiro atoms. The summed E-state index contributed by atoms with van der Waals surface area (Å²) in [5.74, 6) is 0.951. The number of allylic oxidation sites excluding steroid dienone is 1. The van der Waals surface area contributed by atoms with Crippen LogP contribution in [0.5, 0.6) is 5.75 Å². The number of nitrogens with one attached hydrogen (secondary N) is 1. The smallest absolute Gasteiger partial charge is 0.151 e. The Morgan fingerprint density at radius 3 is 2.72 bits per heavy atom. The predicted molar refractivity (Wildman–Crippen MR) is 116 cm³/mol. The lowest BCUT2D eigenvalue weighted by Gasteiger charge is -2.26. The molecular weight excluding hydrogens is 364 g/mol. The van der Waals surface area contributed by atoms with Crippen LogP contribution in [0.1, 0.15) is 39.2 Å². The van der Waals surface area contributed by atoms with Gasteiger partial charge in [-0.3, -0.25) is 4.99 Å². The number of dihydropyridines is 1. The summed E-state index contributed by atoms with van der Waals surface area (Å²) >= 11 is 0. The largest absolute Gasteiger partial charge is 0.506 e. The van der Waals surface area contributed by atoms with E-state index in [9.17, 15) is 5.11 Å². The zero-order valence-electron chi connectivity index (χ0n) is 17.3. The average Bonchev–Trinajstić information content (AvgIpc) is 3.15. The van der Waals surface area contributed by atoms with Crippen LogP contribution in [0.4, 0.5) is 5.82 Å². The van der Waals surface area contributed by atoms with Gasteiger partial charge in [-0.15, -0.1) is 10.2 Å². The topological polar surface area (TPSA) is 86.5 Å². The zero-order chi connectivity index (χ0) is 20.4. The quantitative estimate of drug-likeness (QED) is 0.832. The van der Waals surface area contributed by atoms with Gasteiger partial charge in [-0.2, -0.15) is 0 Å². The summed E-state index contributed by atoms with van der Waals surface area (Å²) in [6.07, 6.45) is 7.67. The number of aromatic hydroxyl groups is 1. The van der Waals surface area contributed by atoms with E-state index >= 15 is 0 Å². The van der Waals surface area contributed by atoms with Gasteiger partial charge in [-0.1, -0.05) is 6.08 Å². The van der Waals surface area contributed by atoms with E-state index in [-0.39, 0.29) is 11.3 Å². The molecule has 0 amide bonds. The molecule has 0 aromatic carbocycles.